The van der Waals surface area contributed by atoms with Crippen LogP contribution in [0.5, 0.6) is 0 Å². The van der Waals surface area contributed by atoms with Crippen molar-refractivity contribution in [3.8, 4) is 0 Å². The molecule has 1 unspecified atom stereocenters. The van der Waals surface area contributed by atoms with Gasteiger partial charge in [-0.05, 0) is 56.9 Å². The first-order valence-corrected chi connectivity index (χ1v) is 7.23. The maximum atomic E-state index is 11.7. The van der Waals surface area contributed by atoms with Gasteiger partial charge in [-0.2, -0.15) is 0 Å². The largest absolute Gasteiger partial charge is 0.444 e. The number of carbonyl (C=O) groups excluding carboxylic acids is 1. The molecule has 1 amide bonds. The fourth-order valence-corrected chi connectivity index (χ4v) is 2.24. The molecular formula is C16H26N2O2. The summed E-state index contributed by atoms with van der Waals surface area (Å²) >= 11 is 0. The number of nitrogens with two attached hydrogens (primary N) is 1. The highest BCUT2D eigenvalue weighted by Crippen LogP contribution is 2.32. The molecule has 4 nitrogen and oxygen atoms in total. The lowest BCUT2D eigenvalue weighted by Gasteiger charge is -2.22. The van der Waals surface area contributed by atoms with Crippen LogP contribution < -0.4 is 11.1 Å². The summed E-state index contributed by atoms with van der Waals surface area (Å²) in [5, 5.41) is 2.91. The van der Waals surface area contributed by atoms with Crippen molar-refractivity contribution in [2.75, 3.05) is 5.73 Å². The van der Waals surface area contributed by atoms with E-state index in [0.717, 1.165) is 24.1 Å². The molecule has 2 rings (SSSR count). The zero-order valence-electron chi connectivity index (χ0n) is 13.1. The molecule has 1 aliphatic carbocycles. The molecule has 0 aromatic heterocycles. The summed E-state index contributed by atoms with van der Waals surface area (Å²) in [6.07, 6.45) is 1.48. The van der Waals surface area contributed by atoms with Crippen LogP contribution in [0.25, 0.3) is 0 Å². The van der Waals surface area contributed by atoms with Gasteiger partial charge >= 0.3 is 6.09 Å². The van der Waals surface area contributed by atoms with Gasteiger partial charge in [-0.25, -0.2) is 4.79 Å². The molecule has 0 radical (unpaired) electrons. The maximum absolute atomic E-state index is 11.7. The van der Waals surface area contributed by atoms with Crippen molar-refractivity contribution in [2.24, 2.45) is 0 Å². The number of hydrogen-bond donors (Lipinski definition) is 2. The number of anilines is 1. The summed E-state index contributed by atoms with van der Waals surface area (Å²) in [4.78, 5) is 11.7. The Hall–Kier alpha value is -1.71. The van der Waals surface area contributed by atoms with Crippen molar-refractivity contribution in [3.63, 3.8) is 0 Å². The Labute approximate surface area is 121 Å². The van der Waals surface area contributed by atoms with Gasteiger partial charge in [0, 0.05) is 5.69 Å². The third kappa shape index (κ3) is 4.44. The van der Waals surface area contributed by atoms with E-state index in [2.05, 4.69) is 5.32 Å². The first-order chi connectivity index (χ1) is 9.35. The summed E-state index contributed by atoms with van der Waals surface area (Å²) in [6, 6.07) is 5.87. The number of benzene rings is 1. The Kier molecular flexibility index (Phi) is 5.43. The third-order valence-corrected chi connectivity index (χ3v) is 2.94. The van der Waals surface area contributed by atoms with E-state index in [0.29, 0.717) is 0 Å². The second-order valence-corrected chi connectivity index (χ2v) is 5.70. The summed E-state index contributed by atoms with van der Waals surface area (Å²) in [5.41, 5.74) is 8.42. The average Bonchev–Trinajstić information content (AvgIpc) is 2.71. The normalized spacial score (nSPS) is 16.8. The van der Waals surface area contributed by atoms with Crippen LogP contribution in [-0.2, 0) is 11.2 Å². The molecule has 0 aliphatic heterocycles. The first kappa shape index (κ1) is 16.3. The number of fused-ring (bicyclic) bond motifs is 1. The van der Waals surface area contributed by atoms with Gasteiger partial charge in [-0.3, -0.25) is 0 Å². The molecule has 0 spiro atoms. The van der Waals surface area contributed by atoms with Gasteiger partial charge in [-0.15, -0.1) is 0 Å². The Balaban J connectivity index is 0.000000956. The second-order valence-electron chi connectivity index (χ2n) is 5.70. The van der Waals surface area contributed by atoms with E-state index in [-0.39, 0.29) is 12.1 Å². The minimum atomic E-state index is -0.466. The molecule has 1 aromatic carbocycles. The number of hydrogen-bond acceptors (Lipinski definition) is 3. The van der Waals surface area contributed by atoms with E-state index in [9.17, 15) is 4.79 Å². The minimum Gasteiger partial charge on any atom is -0.444 e. The van der Waals surface area contributed by atoms with Crippen LogP contribution in [0.1, 0.15) is 58.2 Å². The summed E-state index contributed by atoms with van der Waals surface area (Å²) < 4.78 is 5.26. The molecule has 0 heterocycles. The molecule has 1 atom stereocenters. The highest BCUT2D eigenvalue weighted by molar-refractivity contribution is 5.69. The van der Waals surface area contributed by atoms with Gasteiger partial charge in [-0.1, -0.05) is 19.9 Å². The summed E-state index contributed by atoms with van der Waals surface area (Å²) in [7, 11) is 0. The average molecular weight is 278 g/mol. The SMILES string of the molecule is CC.CC(C)(C)OC(=O)NC1CCc2cc(N)ccc21. The molecule has 0 saturated heterocycles. The van der Waals surface area contributed by atoms with Crippen molar-refractivity contribution in [1.29, 1.82) is 0 Å². The van der Waals surface area contributed by atoms with Gasteiger partial charge < -0.3 is 15.8 Å². The number of amides is 1. The number of carbonyl (C=O) groups is 1. The smallest absolute Gasteiger partial charge is 0.408 e. The summed E-state index contributed by atoms with van der Waals surface area (Å²) in [5.74, 6) is 0. The van der Waals surface area contributed by atoms with Crippen LogP contribution in [0, 0.1) is 0 Å². The number of nitrogen functional groups attached to an aromatic ring is 1. The van der Waals surface area contributed by atoms with Gasteiger partial charge in [0.2, 0.25) is 0 Å². The lowest BCUT2D eigenvalue weighted by Crippen LogP contribution is -2.34. The van der Waals surface area contributed by atoms with E-state index >= 15 is 0 Å². The van der Waals surface area contributed by atoms with Crippen LogP contribution in [0.4, 0.5) is 10.5 Å². The molecule has 3 N–H and O–H groups in total. The van der Waals surface area contributed by atoms with Gasteiger partial charge in [0.1, 0.15) is 5.60 Å². The Morgan fingerprint density at radius 1 is 1.35 bits per heavy atom. The topological polar surface area (TPSA) is 64.3 Å². The Morgan fingerprint density at radius 3 is 2.60 bits per heavy atom. The number of ether oxygens (including phenoxy) is 1. The van der Waals surface area contributed by atoms with Crippen molar-refractivity contribution in [1.82, 2.24) is 5.32 Å². The number of aryl methyl sites for hydroxylation is 1. The first-order valence-electron chi connectivity index (χ1n) is 7.23. The molecular weight excluding hydrogens is 252 g/mol. The molecule has 1 aliphatic rings. The third-order valence-electron chi connectivity index (χ3n) is 2.94. The van der Waals surface area contributed by atoms with Crippen molar-refractivity contribution < 1.29 is 9.53 Å². The molecule has 0 saturated carbocycles. The van der Waals surface area contributed by atoms with Crippen LogP contribution in [-0.4, -0.2) is 11.7 Å². The van der Waals surface area contributed by atoms with Crippen LogP contribution in [0.15, 0.2) is 18.2 Å². The predicted molar refractivity (Wildman–Crippen MR) is 82.6 cm³/mol. The van der Waals surface area contributed by atoms with E-state index < -0.39 is 5.60 Å². The van der Waals surface area contributed by atoms with Crippen molar-refractivity contribution in [3.05, 3.63) is 29.3 Å². The lowest BCUT2D eigenvalue weighted by atomic mass is 10.1. The molecule has 0 fully saturated rings. The molecule has 1 aromatic rings. The minimum absolute atomic E-state index is 0.0375. The highest BCUT2D eigenvalue weighted by atomic mass is 16.6. The Bertz CT molecular complexity index is 464. The predicted octanol–water partition coefficient (Wildman–Crippen LogP) is 3.81. The molecule has 20 heavy (non-hydrogen) atoms. The van der Waals surface area contributed by atoms with Crippen LogP contribution in [0.2, 0.25) is 0 Å². The van der Waals surface area contributed by atoms with Gasteiger partial charge in [0.25, 0.3) is 0 Å². The van der Waals surface area contributed by atoms with Gasteiger partial charge in [0.15, 0.2) is 0 Å². The molecule has 4 heteroatoms. The number of alkyl carbamates (subject to hydrolysis) is 1. The van der Waals surface area contributed by atoms with E-state index in [1.165, 1.54) is 5.56 Å². The Morgan fingerprint density at radius 2 is 2.00 bits per heavy atom. The monoisotopic (exact) mass is 278 g/mol. The molecule has 0 bridgehead atoms. The zero-order valence-corrected chi connectivity index (χ0v) is 13.1. The van der Waals surface area contributed by atoms with Crippen molar-refractivity contribution >= 4 is 11.8 Å². The standard InChI is InChI=1S/C14H20N2O2.C2H6/c1-14(2,3)18-13(17)16-12-7-4-9-8-10(15)5-6-11(9)12;1-2/h5-6,8,12H,4,7,15H2,1-3H3,(H,16,17);1-2H3. The van der Waals surface area contributed by atoms with E-state index in [1.54, 1.807) is 0 Å². The van der Waals surface area contributed by atoms with E-state index in [1.807, 2.05) is 52.8 Å². The van der Waals surface area contributed by atoms with Crippen LogP contribution in [0.3, 0.4) is 0 Å². The zero-order chi connectivity index (χ0) is 15.3. The second kappa shape index (κ2) is 6.64. The lowest BCUT2D eigenvalue weighted by molar-refractivity contribution is 0.0504. The fourth-order valence-electron chi connectivity index (χ4n) is 2.24. The number of rotatable bonds is 1. The highest BCUT2D eigenvalue weighted by Gasteiger charge is 2.26. The van der Waals surface area contributed by atoms with Crippen LogP contribution >= 0.6 is 0 Å². The molecule has 112 valence electrons. The number of nitrogens with one attached hydrogen (secondary N) is 1. The maximum Gasteiger partial charge on any atom is 0.408 e. The summed E-state index contributed by atoms with van der Waals surface area (Å²) in [6.45, 7) is 9.57. The quantitative estimate of drug-likeness (QED) is 0.768. The van der Waals surface area contributed by atoms with Crippen molar-refractivity contribution in [2.45, 2.75) is 59.1 Å². The van der Waals surface area contributed by atoms with Gasteiger partial charge in [0.05, 0.1) is 6.04 Å². The van der Waals surface area contributed by atoms with E-state index in [4.69, 9.17) is 10.5 Å². The fraction of sp³-hybridized carbons (Fsp3) is 0.562.